The van der Waals surface area contributed by atoms with Gasteiger partial charge in [0, 0.05) is 50.8 Å². The normalized spacial score (nSPS) is 16.1. The van der Waals surface area contributed by atoms with Crippen molar-refractivity contribution in [2.45, 2.75) is 33.1 Å². The molecule has 0 amide bonds. The molecule has 0 unspecified atom stereocenters. The number of rotatable bonds is 11. The highest BCUT2D eigenvalue weighted by Crippen LogP contribution is 2.22. The Hall–Kier alpha value is -1.50. The number of likely N-dealkylation sites (N-methyl/N-ethyl adjacent to an activating group) is 1. The lowest BCUT2D eigenvalue weighted by Gasteiger charge is -2.33. The molecule has 1 saturated heterocycles. The summed E-state index contributed by atoms with van der Waals surface area (Å²) in [6.07, 6.45) is 3.17. The predicted octanol–water partition coefficient (Wildman–Crippen LogP) is 2.86. The second kappa shape index (κ2) is 13.7. The third kappa shape index (κ3) is 8.81. The van der Waals surface area contributed by atoms with E-state index < -0.39 is 0 Å². The van der Waals surface area contributed by atoms with E-state index in [-0.39, 0.29) is 0 Å². The third-order valence-corrected chi connectivity index (χ3v) is 5.71. The van der Waals surface area contributed by atoms with Crippen LogP contribution in [0.5, 0.6) is 5.75 Å². The van der Waals surface area contributed by atoms with E-state index in [4.69, 9.17) is 21.3 Å². The molecule has 0 aliphatic carbocycles. The second-order valence-electron chi connectivity index (χ2n) is 7.38. The number of nitrogens with one attached hydrogen (secondary N) is 2. The zero-order valence-electron chi connectivity index (χ0n) is 18.3. The Bertz CT molecular complexity index is 617. The highest BCUT2D eigenvalue weighted by atomic mass is 35.5. The van der Waals surface area contributed by atoms with Gasteiger partial charge in [0.05, 0.1) is 7.11 Å². The molecule has 1 aromatic carbocycles. The summed E-state index contributed by atoms with van der Waals surface area (Å²) in [5.74, 6) is 1.67. The van der Waals surface area contributed by atoms with E-state index in [1.807, 2.05) is 18.2 Å². The number of hydrogen-bond donors (Lipinski definition) is 2. The van der Waals surface area contributed by atoms with Crippen LogP contribution < -0.4 is 15.4 Å². The minimum absolute atomic E-state index is 0.743. The van der Waals surface area contributed by atoms with Crippen LogP contribution in [-0.4, -0.2) is 81.8 Å². The maximum Gasteiger partial charge on any atom is 0.191 e. The fraction of sp³-hybridized carbons (Fsp3) is 0.682. The first-order valence-electron chi connectivity index (χ1n) is 11.0. The number of hydrogen-bond acceptors (Lipinski definition) is 4. The van der Waals surface area contributed by atoms with Crippen molar-refractivity contribution in [3.8, 4) is 5.75 Å². The van der Waals surface area contributed by atoms with Gasteiger partial charge in [-0.2, -0.15) is 0 Å². The van der Waals surface area contributed by atoms with E-state index >= 15 is 0 Å². The molecule has 0 spiro atoms. The quantitative estimate of drug-likeness (QED) is 0.325. The standard InChI is InChI=1S/C22H38ClN5O/c1-4-24-22(26-12-10-19-8-9-20(29-3)18-21(19)23)25-11-6-7-13-28-16-14-27(5-2)15-17-28/h8-9,18H,4-7,10-17H2,1-3H3,(H2,24,25,26). The molecule has 2 N–H and O–H groups in total. The van der Waals surface area contributed by atoms with Crippen molar-refractivity contribution in [1.29, 1.82) is 0 Å². The lowest BCUT2D eigenvalue weighted by molar-refractivity contribution is 0.136. The fourth-order valence-electron chi connectivity index (χ4n) is 3.48. The largest absolute Gasteiger partial charge is 0.497 e. The number of ether oxygens (including phenoxy) is 1. The summed E-state index contributed by atoms with van der Waals surface area (Å²) >= 11 is 6.32. The number of piperazine rings is 1. The Morgan fingerprint density at radius 1 is 1.10 bits per heavy atom. The average molecular weight is 424 g/mol. The molecular formula is C22H38ClN5O. The van der Waals surface area contributed by atoms with E-state index in [9.17, 15) is 0 Å². The number of nitrogens with zero attached hydrogens (tertiary/aromatic N) is 3. The van der Waals surface area contributed by atoms with Gasteiger partial charge in [-0.05, 0) is 57.0 Å². The van der Waals surface area contributed by atoms with Crippen molar-refractivity contribution in [1.82, 2.24) is 20.4 Å². The van der Waals surface area contributed by atoms with Gasteiger partial charge >= 0.3 is 0 Å². The van der Waals surface area contributed by atoms with Crippen molar-refractivity contribution < 1.29 is 4.74 Å². The maximum absolute atomic E-state index is 6.32. The van der Waals surface area contributed by atoms with Crippen LogP contribution in [0.15, 0.2) is 23.2 Å². The number of methoxy groups -OCH3 is 1. The van der Waals surface area contributed by atoms with Gasteiger partial charge in [-0.25, -0.2) is 0 Å². The summed E-state index contributed by atoms with van der Waals surface area (Å²) in [6, 6.07) is 5.83. The number of aliphatic imine (C=N–C) groups is 1. The molecule has 29 heavy (non-hydrogen) atoms. The molecule has 1 fully saturated rings. The lowest BCUT2D eigenvalue weighted by Crippen LogP contribution is -2.46. The molecular weight excluding hydrogens is 386 g/mol. The lowest BCUT2D eigenvalue weighted by atomic mass is 10.1. The van der Waals surface area contributed by atoms with Crippen LogP contribution in [0.25, 0.3) is 0 Å². The van der Waals surface area contributed by atoms with E-state index in [0.717, 1.165) is 54.8 Å². The molecule has 6 nitrogen and oxygen atoms in total. The SMILES string of the molecule is CCNC(=NCCCCN1CCN(CC)CC1)NCCc1ccc(OC)cc1Cl. The summed E-state index contributed by atoms with van der Waals surface area (Å²) < 4.78 is 5.20. The topological polar surface area (TPSA) is 52.1 Å². The maximum atomic E-state index is 6.32. The first-order valence-corrected chi connectivity index (χ1v) is 11.3. The average Bonchev–Trinajstić information content (AvgIpc) is 2.75. The van der Waals surface area contributed by atoms with Gasteiger partial charge < -0.3 is 25.2 Å². The first kappa shape index (κ1) is 23.8. The number of unbranched alkanes of at least 4 members (excludes halogenated alkanes) is 1. The molecule has 1 aliphatic rings. The minimum atomic E-state index is 0.743. The Morgan fingerprint density at radius 2 is 1.86 bits per heavy atom. The van der Waals surface area contributed by atoms with Gasteiger partial charge in [0.25, 0.3) is 0 Å². The fourth-order valence-corrected chi connectivity index (χ4v) is 3.75. The van der Waals surface area contributed by atoms with Gasteiger partial charge in [0.1, 0.15) is 5.75 Å². The molecule has 0 aromatic heterocycles. The molecule has 0 atom stereocenters. The highest BCUT2D eigenvalue weighted by Gasteiger charge is 2.14. The summed E-state index contributed by atoms with van der Waals surface area (Å²) in [5, 5.41) is 7.48. The summed E-state index contributed by atoms with van der Waals surface area (Å²) in [4.78, 5) is 9.82. The monoisotopic (exact) mass is 423 g/mol. The summed E-state index contributed by atoms with van der Waals surface area (Å²) in [7, 11) is 1.65. The summed E-state index contributed by atoms with van der Waals surface area (Å²) in [5.41, 5.74) is 1.11. The highest BCUT2D eigenvalue weighted by molar-refractivity contribution is 6.31. The zero-order valence-corrected chi connectivity index (χ0v) is 19.1. The van der Waals surface area contributed by atoms with Crippen LogP contribution >= 0.6 is 11.6 Å². The van der Waals surface area contributed by atoms with Crippen LogP contribution in [0.2, 0.25) is 5.02 Å². The van der Waals surface area contributed by atoms with Crippen LogP contribution in [-0.2, 0) is 6.42 Å². The molecule has 2 rings (SSSR count). The molecule has 0 saturated carbocycles. The van der Waals surface area contributed by atoms with Crippen molar-refractivity contribution in [3.05, 3.63) is 28.8 Å². The van der Waals surface area contributed by atoms with E-state index in [1.165, 1.54) is 45.7 Å². The van der Waals surface area contributed by atoms with E-state index in [0.29, 0.717) is 0 Å². The van der Waals surface area contributed by atoms with Crippen molar-refractivity contribution in [2.24, 2.45) is 4.99 Å². The summed E-state index contributed by atoms with van der Waals surface area (Å²) in [6.45, 7) is 14.0. The number of halogens is 1. The van der Waals surface area contributed by atoms with Crippen molar-refractivity contribution in [3.63, 3.8) is 0 Å². The predicted molar refractivity (Wildman–Crippen MR) is 123 cm³/mol. The van der Waals surface area contributed by atoms with Crippen LogP contribution in [0, 0.1) is 0 Å². The van der Waals surface area contributed by atoms with Gasteiger partial charge in [0.2, 0.25) is 0 Å². The Kier molecular flexibility index (Phi) is 11.2. The number of guanidine groups is 1. The van der Waals surface area contributed by atoms with E-state index in [1.54, 1.807) is 7.11 Å². The third-order valence-electron chi connectivity index (χ3n) is 5.36. The van der Waals surface area contributed by atoms with Crippen molar-refractivity contribution >= 4 is 17.6 Å². The molecule has 164 valence electrons. The van der Waals surface area contributed by atoms with Gasteiger partial charge in [-0.1, -0.05) is 24.6 Å². The molecule has 0 radical (unpaired) electrons. The van der Waals surface area contributed by atoms with E-state index in [2.05, 4.69) is 34.3 Å². The van der Waals surface area contributed by atoms with Crippen LogP contribution in [0.1, 0.15) is 32.3 Å². The first-order chi connectivity index (χ1) is 14.2. The molecule has 1 aromatic rings. The van der Waals surface area contributed by atoms with Gasteiger partial charge in [0.15, 0.2) is 5.96 Å². The second-order valence-corrected chi connectivity index (χ2v) is 7.78. The van der Waals surface area contributed by atoms with Gasteiger partial charge in [-0.15, -0.1) is 0 Å². The Balaban J connectivity index is 1.66. The van der Waals surface area contributed by atoms with Crippen LogP contribution in [0.4, 0.5) is 0 Å². The van der Waals surface area contributed by atoms with Crippen LogP contribution in [0.3, 0.4) is 0 Å². The minimum Gasteiger partial charge on any atom is -0.497 e. The molecule has 1 heterocycles. The molecule has 7 heteroatoms. The Labute approximate surface area is 181 Å². The van der Waals surface area contributed by atoms with Gasteiger partial charge in [-0.3, -0.25) is 4.99 Å². The smallest absolute Gasteiger partial charge is 0.191 e. The number of benzene rings is 1. The molecule has 1 aliphatic heterocycles. The molecule has 0 bridgehead atoms. The zero-order chi connectivity index (χ0) is 20.9. The Morgan fingerprint density at radius 3 is 2.52 bits per heavy atom. The van der Waals surface area contributed by atoms with Crippen molar-refractivity contribution in [2.75, 3.05) is 66.0 Å².